The zero-order chi connectivity index (χ0) is 21.0. The third kappa shape index (κ3) is 2.16. The van der Waals surface area contributed by atoms with Gasteiger partial charge in [-0.1, -0.05) is 25.1 Å². The number of hydrogen-bond acceptors (Lipinski definition) is 6. The maximum Gasteiger partial charge on any atom is 0.245 e. The predicted octanol–water partition coefficient (Wildman–Crippen LogP) is 2.74. The van der Waals surface area contributed by atoms with Crippen LogP contribution < -0.4 is 16.0 Å². The molecule has 1 amide bonds. The van der Waals surface area contributed by atoms with Gasteiger partial charge in [0.1, 0.15) is 17.3 Å². The molecule has 5 rings (SSSR count). The van der Waals surface area contributed by atoms with Crippen molar-refractivity contribution in [3.8, 4) is 6.07 Å². The highest BCUT2D eigenvalue weighted by Crippen LogP contribution is 2.55. The Kier molecular flexibility index (Phi) is 3.80. The molecule has 7 heteroatoms. The summed E-state index contributed by atoms with van der Waals surface area (Å²) >= 11 is 0. The van der Waals surface area contributed by atoms with E-state index >= 15 is 0 Å². The van der Waals surface area contributed by atoms with Crippen LogP contribution in [0, 0.1) is 17.2 Å². The van der Waals surface area contributed by atoms with Gasteiger partial charge in [0.05, 0.1) is 17.5 Å². The monoisotopic (exact) mass is 397 g/mol. The molecule has 2 aliphatic heterocycles. The van der Waals surface area contributed by atoms with Gasteiger partial charge in [-0.15, -0.1) is 0 Å². The minimum atomic E-state index is -1.53. The molecule has 0 radical (unpaired) electrons. The van der Waals surface area contributed by atoms with Crippen LogP contribution in [0.1, 0.15) is 25.3 Å². The Morgan fingerprint density at radius 3 is 2.77 bits per heavy atom. The number of nitrogens with zero attached hydrogens (tertiary/aromatic N) is 3. The van der Waals surface area contributed by atoms with Crippen molar-refractivity contribution in [3.05, 3.63) is 77.0 Å². The van der Waals surface area contributed by atoms with Crippen molar-refractivity contribution in [1.29, 1.82) is 5.26 Å². The van der Waals surface area contributed by atoms with Crippen LogP contribution in [0.2, 0.25) is 0 Å². The van der Waals surface area contributed by atoms with Crippen LogP contribution in [0.5, 0.6) is 0 Å². The van der Waals surface area contributed by atoms with Crippen LogP contribution in [0.15, 0.2) is 71.5 Å². The lowest BCUT2D eigenvalue weighted by Gasteiger charge is -2.44. The molecule has 148 valence electrons. The number of aromatic nitrogens is 1. The number of amides is 1. The predicted molar refractivity (Wildman–Crippen MR) is 111 cm³/mol. The minimum absolute atomic E-state index is 0.0652. The Bertz CT molecular complexity index is 1210. The standard InChI is InChI=1S/C23H19N5O2/c1-13-9-18-20(19(29)10-13)23(15-6-2-3-7-17(15)27-22(23)30)16(11-24)21(25)28(18)14-5-4-8-26-12-14/h2-8,12-13H,9-10,25H2,1H3,(H,27,30)/t13-,23-/m0/s1. The molecule has 3 N–H and O–H groups in total. The number of benzene rings is 1. The van der Waals surface area contributed by atoms with Crippen molar-refractivity contribution in [3.63, 3.8) is 0 Å². The fourth-order valence-electron chi connectivity index (χ4n) is 4.96. The van der Waals surface area contributed by atoms with Crippen molar-refractivity contribution in [2.45, 2.75) is 25.2 Å². The van der Waals surface area contributed by atoms with Gasteiger partial charge in [0, 0.05) is 35.1 Å². The summed E-state index contributed by atoms with van der Waals surface area (Å²) in [6, 6.07) is 12.9. The first-order valence-electron chi connectivity index (χ1n) is 9.78. The molecular formula is C23H19N5O2. The molecule has 0 bridgehead atoms. The molecule has 1 aromatic carbocycles. The molecular weight excluding hydrogens is 378 g/mol. The van der Waals surface area contributed by atoms with Crippen molar-refractivity contribution in [2.24, 2.45) is 11.7 Å². The Balaban J connectivity index is 1.90. The van der Waals surface area contributed by atoms with E-state index in [1.54, 1.807) is 41.6 Å². The third-order valence-electron chi connectivity index (χ3n) is 6.10. The number of pyridine rings is 1. The number of ketones is 1. The van der Waals surface area contributed by atoms with Crippen LogP contribution in [-0.4, -0.2) is 16.7 Å². The van der Waals surface area contributed by atoms with E-state index in [0.29, 0.717) is 41.1 Å². The van der Waals surface area contributed by atoms with Gasteiger partial charge in [-0.25, -0.2) is 0 Å². The number of nitrogens with one attached hydrogen (secondary N) is 1. The average Bonchev–Trinajstić information content (AvgIpc) is 3.01. The second kappa shape index (κ2) is 6.29. The van der Waals surface area contributed by atoms with E-state index in [0.717, 1.165) is 0 Å². The summed E-state index contributed by atoms with van der Waals surface area (Å²) in [6.45, 7) is 2.00. The number of hydrogen-bond donors (Lipinski definition) is 2. The summed E-state index contributed by atoms with van der Waals surface area (Å²) in [5, 5.41) is 13.0. The van der Waals surface area contributed by atoms with E-state index in [9.17, 15) is 14.9 Å². The average molecular weight is 397 g/mol. The molecule has 0 saturated carbocycles. The van der Waals surface area contributed by atoms with E-state index in [2.05, 4.69) is 16.4 Å². The molecule has 2 atom stereocenters. The lowest BCUT2D eigenvalue weighted by Crippen LogP contribution is -2.51. The molecule has 2 aromatic rings. The second-order valence-corrected chi connectivity index (χ2v) is 7.93. The topological polar surface area (TPSA) is 112 Å². The number of allylic oxidation sites excluding steroid dienone is 1. The molecule has 3 heterocycles. The van der Waals surface area contributed by atoms with Crippen molar-refractivity contribution in [1.82, 2.24) is 4.98 Å². The first-order valence-corrected chi connectivity index (χ1v) is 9.78. The molecule has 7 nitrogen and oxygen atoms in total. The molecule has 3 aliphatic rings. The Morgan fingerprint density at radius 1 is 1.23 bits per heavy atom. The van der Waals surface area contributed by atoms with Crippen molar-refractivity contribution in [2.75, 3.05) is 10.2 Å². The quantitative estimate of drug-likeness (QED) is 0.765. The van der Waals surface area contributed by atoms with Crippen LogP contribution in [0.25, 0.3) is 0 Å². The smallest absolute Gasteiger partial charge is 0.245 e. The summed E-state index contributed by atoms with van der Waals surface area (Å²) in [5.74, 6) is -0.309. The zero-order valence-corrected chi connectivity index (χ0v) is 16.3. The maximum atomic E-state index is 13.5. The normalized spacial score (nSPS) is 25.2. The lowest BCUT2D eigenvalue weighted by molar-refractivity contribution is -0.123. The molecule has 30 heavy (non-hydrogen) atoms. The van der Waals surface area contributed by atoms with Gasteiger partial charge in [0.15, 0.2) is 5.78 Å². The van der Waals surface area contributed by atoms with E-state index in [-0.39, 0.29) is 23.1 Å². The lowest BCUT2D eigenvalue weighted by atomic mass is 9.63. The summed E-state index contributed by atoms with van der Waals surface area (Å²) in [7, 11) is 0. The summed E-state index contributed by atoms with van der Waals surface area (Å²) < 4.78 is 0. The number of Topliss-reactive ketones (excluding diaryl/α,β-unsaturated/α-hetero) is 1. The van der Waals surface area contributed by atoms with Gasteiger partial charge in [-0.2, -0.15) is 5.26 Å². The van der Waals surface area contributed by atoms with E-state index in [4.69, 9.17) is 5.73 Å². The van der Waals surface area contributed by atoms with Gasteiger partial charge in [0.2, 0.25) is 5.91 Å². The summed E-state index contributed by atoms with van der Waals surface area (Å²) in [4.78, 5) is 32.8. The SMILES string of the molecule is C[C@@H]1CC(=O)C2=C(C1)N(c1cccnc1)C(N)=C(C#N)[C@]21C(=O)Nc2ccccc21. The van der Waals surface area contributed by atoms with Gasteiger partial charge in [-0.05, 0) is 30.5 Å². The fourth-order valence-corrected chi connectivity index (χ4v) is 4.96. The van der Waals surface area contributed by atoms with Crippen molar-refractivity contribution >= 4 is 23.1 Å². The van der Waals surface area contributed by atoms with Gasteiger partial charge < -0.3 is 11.1 Å². The first kappa shape index (κ1) is 18.1. The Hall–Kier alpha value is -3.92. The second-order valence-electron chi connectivity index (χ2n) is 7.93. The zero-order valence-electron chi connectivity index (χ0n) is 16.3. The van der Waals surface area contributed by atoms with Crippen LogP contribution >= 0.6 is 0 Å². The van der Waals surface area contributed by atoms with Crippen LogP contribution in [0.3, 0.4) is 0 Å². The molecule has 1 spiro atoms. The summed E-state index contributed by atoms with van der Waals surface area (Å²) in [5.41, 5.74) is 7.95. The number of nitriles is 1. The van der Waals surface area contributed by atoms with Crippen LogP contribution in [-0.2, 0) is 15.0 Å². The highest BCUT2D eigenvalue weighted by Gasteiger charge is 2.60. The number of para-hydroxylation sites is 1. The minimum Gasteiger partial charge on any atom is -0.384 e. The van der Waals surface area contributed by atoms with Crippen LogP contribution in [0.4, 0.5) is 11.4 Å². The van der Waals surface area contributed by atoms with Crippen molar-refractivity contribution < 1.29 is 9.59 Å². The highest BCUT2D eigenvalue weighted by molar-refractivity contribution is 6.19. The highest BCUT2D eigenvalue weighted by atomic mass is 16.2. The largest absolute Gasteiger partial charge is 0.384 e. The van der Waals surface area contributed by atoms with Gasteiger partial charge >= 0.3 is 0 Å². The number of rotatable bonds is 1. The number of carbonyl (C=O) groups excluding carboxylic acids is 2. The van der Waals surface area contributed by atoms with Gasteiger partial charge in [0.25, 0.3) is 0 Å². The van der Waals surface area contributed by atoms with E-state index in [1.807, 2.05) is 19.1 Å². The summed E-state index contributed by atoms with van der Waals surface area (Å²) in [6.07, 6.45) is 4.16. The molecule has 1 aliphatic carbocycles. The Labute approximate surface area is 173 Å². The third-order valence-corrected chi connectivity index (χ3v) is 6.10. The van der Waals surface area contributed by atoms with E-state index in [1.165, 1.54) is 0 Å². The van der Waals surface area contributed by atoms with Gasteiger partial charge in [-0.3, -0.25) is 19.5 Å². The first-order chi connectivity index (χ1) is 14.5. The number of anilines is 2. The van der Waals surface area contributed by atoms with E-state index < -0.39 is 11.3 Å². The fraction of sp³-hybridized carbons (Fsp3) is 0.217. The maximum absolute atomic E-state index is 13.5. The molecule has 1 aromatic heterocycles. The molecule has 0 fully saturated rings. The molecule has 0 unspecified atom stereocenters. The number of carbonyl (C=O) groups is 2. The Morgan fingerprint density at radius 2 is 2.03 bits per heavy atom. The number of nitrogens with two attached hydrogens (primary N) is 1. The number of fused-ring (bicyclic) bond motifs is 3. The molecule has 0 saturated heterocycles.